The van der Waals surface area contributed by atoms with Gasteiger partial charge in [0.25, 0.3) is 0 Å². The number of benzene rings is 2. The zero-order valence-corrected chi connectivity index (χ0v) is 14.3. The molecule has 5 nitrogen and oxygen atoms in total. The Morgan fingerprint density at radius 3 is 2.60 bits per heavy atom. The van der Waals surface area contributed by atoms with Crippen LogP contribution in [0, 0.1) is 6.92 Å². The van der Waals surface area contributed by atoms with Gasteiger partial charge in [-0.25, -0.2) is 9.48 Å². The van der Waals surface area contributed by atoms with Crippen LogP contribution in [-0.2, 0) is 9.47 Å². The number of nitrogens with zero attached hydrogens (tertiary/aromatic N) is 2. The molecule has 0 fully saturated rings. The Hall–Kier alpha value is -2.92. The van der Waals surface area contributed by atoms with Crippen LogP contribution in [0.25, 0.3) is 16.9 Å². The summed E-state index contributed by atoms with van der Waals surface area (Å²) in [6.45, 7) is 2.58. The van der Waals surface area contributed by atoms with Gasteiger partial charge in [0.05, 0.1) is 12.3 Å². The Morgan fingerprint density at radius 1 is 1.08 bits per heavy atom. The van der Waals surface area contributed by atoms with Gasteiger partial charge in [0, 0.05) is 18.9 Å². The zero-order chi connectivity index (χ0) is 17.6. The summed E-state index contributed by atoms with van der Waals surface area (Å²) < 4.78 is 11.9. The molecule has 0 aliphatic heterocycles. The summed E-state index contributed by atoms with van der Waals surface area (Å²) in [6, 6.07) is 17.6. The van der Waals surface area contributed by atoms with E-state index < -0.39 is 5.97 Å². The van der Waals surface area contributed by atoms with Crippen molar-refractivity contribution in [1.29, 1.82) is 0 Å². The second-order valence-electron chi connectivity index (χ2n) is 5.67. The highest BCUT2D eigenvalue weighted by atomic mass is 16.6. The molecule has 2 aromatic carbocycles. The average molecular weight is 336 g/mol. The third-order valence-corrected chi connectivity index (χ3v) is 3.77. The van der Waals surface area contributed by atoms with E-state index in [1.807, 2.05) is 61.5 Å². The third kappa shape index (κ3) is 3.95. The third-order valence-electron chi connectivity index (χ3n) is 3.77. The zero-order valence-electron chi connectivity index (χ0n) is 14.3. The van der Waals surface area contributed by atoms with Crippen LogP contribution in [-0.4, -0.2) is 36.1 Å². The van der Waals surface area contributed by atoms with Crippen LogP contribution in [0.4, 0.5) is 0 Å². The largest absolute Gasteiger partial charge is 0.460 e. The Balaban J connectivity index is 2.02. The van der Waals surface area contributed by atoms with Crippen molar-refractivity contribution in [2.24, 2.45) is 0 Å². The van der Waals surface area contributed by atoms with Gasteiger partial charge in [0.15, 0.2) is 0 Å². The maximum Gasteiger partial charge on any atom is 0.342 e. The molecule has 0 amide bonds. The molecule has 0 saturated carbocycles. The van der Waals surface area contributed by atoms with Gasteiger partial charge in [-0.3, -0.25) is 0 Å². The number of methoxy groups -OCH3 is 1. The van der Waals surface area contributed by atoms with Crippen LogP contribution in [0.2, 0.25) is 0 Å². The summed E-state index contributed by atoms with van der Waals surface area (Å²) in [6.07, 6.45) is 1.71. The fraction of sp³-hybridized carbons (Fsp3) is 0.200. The van der Waals surface area contributed by atoms with Crippen LogP contribution in [0.5, 0.6) is 0 Å². The van der Waals surface area contributed by atoms with Gasteiger partial charge in [-0.2, -0.15) is 5.10 Å². The number of rotatable bonds is 6. The van der Waals surface area contributed by atoms with Crippen LogP contribution in [0.3, 0.4) is 0 Å². The van der Waals surface area contributed by atoms with E-state index in [2.05, 4.69) is 5.10 Å². The maximum atomic E-state index is 12.5. The summed E-state index contributed by atoms with van der Waals surface area (Å²) in [5, 5.41) is 4.63. The second kappa shape index (κ2) is 7.77. The van der Waals surface area contributed by atoms with E-state index in [4.69, 9.17) is 9.47 Å². The predicted octanol–water partition coefficient (Wildman–Crippen LogP) is 3.65. The quantitative estimate of drug-likeness (QED) is 0.509. The molecule has 3 rings (SSSR count). The molecule has 0 unspecified atom stereocenters. The molecule has 0 aliphatic carbocycles. The van der Waals surface area contributed by atoms with Crippen molar-refractivity contribution in [1.82, 2.24) is 9.78 Å². The van der Waals surface area contributed by atoms with Crippen LogP contribution in [0.15, 0.2) is 60.8 Å². The topological polar surface area (TPSA) is 53.4 Å². The van der Waals surface area contributed by atoms with Gasteiger partial charge >= 0.3 is 5.97 Å². The minimum absolute atomic E-state index is 0.207. The van der Waals surface area contributed by atoms with Gasteiger partial charge in [-0.15, -0.1) is 0 Å². The minimum atomic E-state index is -0.407. The van der Waals surface area contributed by atoms with Crippen molar-refractivity contribution in [3.05, 3.63) is 71.9 Å². The number of para-hydroxylation sites is 1. The molecule has 5 heteroatoms. The standard InChI is InChI=1S/C20H20N2O3/c1-15-7-6-8-16(13-15)19-18(20(23)25-12-11-24-2)14-22(21-19)17-9-4-3-5-10-17/h3-10,13-14H,11-12H2,1-2H3. The van der Waals surface area contributed by atoms with E-state index in [0.717, 1.165) is 16.8 Å². The Morgan fingerprint density at radius 2 is 1.88 bits per heavy atom. The molecule has 0 bridgehead atoms. The number of aromatic nitrogens is 2. The number of carbonyl (C=O) groups is 1. The van der Waals surface area contributed by atoms with E-state index >= 15 is 0 Å². The molecular formula is C20H20N2O3. The number of esters is 1. The Kier molecular flexibility index (Phi) is 5.26. The molecule has 1 heterocycles. The Bertz CT molecular complexity index is 856. The van der Waals surface area contributed by atoms with Crippen LogP contribution in [0.1, 0.15) is 15.9 Å². The number of ether oxygens (including phenoxy) is 2. The summed E-state index contributed by atoms with van der Waals surface area (Å²) in [5.74, 6) is -0.407. The lowest BCUT2D eigenvalue weighted by Crippen LogP contribution is -2.10. The van der Waals surface area contributed by atoms with Crippen molar-refractivity contribution in [3.63, 3.8) is 0 Å². The summed E-state index contributed by atoms with van der Waals surface area (Å²) in [7, 11) is 1.57. The fourth-order valence-corrected chi connectivity index (χ4v) is 2.54. The number of hydrogen-bond acceptors (Lipinski definition) is 4. The van der Waals surface area contributed by atoms with Crippen molar-refractivity contribution in [3.8, 4) is 16.9 Å². The first kappa shape index (κ1) is 16.9. The lowest BCUT2D eigenvalue weighted by molar-refractivity contribution is 0.0389. The van der Waals surface area contributed by atoms with Gasteiger partial charge in [-0.1, -0.05) is 42.0 Å². The van der Waals surface area contributed by atoms with E-state index in [1.165, 1.54) is 0 Å². The van der Waals surface area contributed by atoms with Crippen molar-refractivity contribution in [2.75, 3.05) is 20.3 Å². The molecule has 0 radical (unpaired) electrons. The Labute approximate surface area is 146 Å². The minimum Gasteiger partial charge on any atom is -0.460 e. The molecule has 25 heavy (non-hydrogen) atoms. The first-order valence-corrected chi connectivity index (χ1v) is 8.07. The molecule has 3 aromatic rings. The molecule has 0 spiro atoms. The van der Waals surface area contributed by atoms with Gasteiger partial charge in [0.2, 0.25) is 0 Å². The highest BCUT2D eigenvalue weighted by Gasteiger charge is 2.20. The lowest BCUT2D eigenvalue weighted by atomic mass is 10.1. The summed E-state index contributed by atoms with van der Waals surface area (Å²) in [4.78, 5) is 12.5. The summed E-state index contributed by atoms with van der Waals surface area (Å²) in [5.41, 5.74) is 3.91. The van der Waals surface area contributed by atoms with Gasteiger partial charge < -0.3 is 9.47 Å². The van der Waals surface area contributed by atoms with Crippen molar-refractivity contribution >= 4 is 5.97 Å². The highest BCUT2D eigenvalue weighted by Crippen LogP contribution is 2.25. The van der Waals surface area contributed by atoms with Gasteiger partial charge in [0.1, 0.15) is 17.9 Å². The fourth-order valence-electron chi connectivity index (χ4n) is 2.54. The first-order chi connectivity index (χ1) is 12.2. The van der Waals surface area contributed by atoms with Crippen LogP contribution < -0.4 is 0 Å². The molecule has 1 aromatic heterocycles. The monoisotopic (exact) mass is 336 g/mol. The molecule has 0 aliphatic rings. The molecular weight excluding hydrogens is 316 g/mol. The number of hydrogen-bond donors (Lipinski definition) is 0. The number of carbonyl (C=O) groups excluding carboxylic acids is 1. The average Bonchev–Trinajstić information content (AvgIpc) is 3.08. The molecule has 0 atom stereocenters. The smallest absolute Gasteiger partial charge is 0.342 e. The van der Waals surface area contributed by atoms with Crippen molar-refractivity contribution in [2.45, 2.75) is 6.92 Å². The van der Waals surface area contributed by atoms with E-state index in [-0.39, 0.29) is 6.61 Å². The van der Waals surface area contributed by atoms with E-state index in [1.54, 1.807) is 18.0 Å². The molecule has 128 valence electrons. The normalized spacial score (nSPS) is 10.6. The predicted molar refractivity (Wildman–Crippen MR) is 95.9 cm³/mol. The molecule has 0 saturated heterocycles. The van der Waals surface area contributed by atoms with E-state index in [9.17, 15) is 4.79 Å². The lowest BCUT2D eigenvalue weighted by Gasteiger charge is -2.05. The van der Waals surface area contributed by atoms with Crippen molar-refractivity contribution < 1.29 is 14.3 Å². The first-order valence-electron chi connectivity index (χ1n) is 8.07. The van der Waals surface area contributed by atoms with E-state index in [0.29, 0.717) is 17.9 Å². The molecule has 0 N–H and O–H groups in total. The highest BCUT2D eigenvalue weighted by molar-refractivity contribution is 5.96. The number of aryl methyl sites for hydroxylation is 1. The van der Waals surface area contributed by atoms with Crippen LogP contribution >= 0.6 is 0 Å². The van der Waals surface area contributed by atoms with Gasteiger partial charge in [-0.05, 0) is 25.1 Å². The summed E-state index contributed by atoms with van der Waals surface area (Å²) >= 11 is 0. The maximum absolute atomic E-state index is 12.5. The SMILES string of the molecule is COCCOC(=O)c1cn(-c2ccccc2)nc1-c1cccc(C)c1. The second-order valence-corrected chi connectivity index (χ2v) is 5.67.